The maximum absolute atomic E-state index is 10.7. The molecule has 0 aliphatic heterocycles. The first kappa shape index (κ1) is 10.2. The third-order valence-electron chi connectivity index (χ3n) is 1.76. The Morgan fingerprint density at radius 1 is 1.79 bits per heavy atom. The van der Waals surface area contributed by atoms with Crippen LogP contribution in [0.5, 0.6) is 0 Å². The Morgan fingerprint density at radius 3 is 2.86 bits per heavy atom. The molecule has 0 aromatic carbocycles. The fourth-order valence-electron chi connectivity index (χ4n) is 1.16. The fourth-order valence-corrected chi connectivity index (χ4v) is 1.16. The van der Waals surface area contributed by atoms with Gasteiger partial charge in [-0.2, -0.15) is 0 Å². The van der Waals surface area contributed by atoms with E-state index < -0.39 is 10.8 Å². The van der Waals surface area contributed by atoms with Crippen LogP contribution in [0.15, 0.2) is 6.20 Å². The third-order valence-corrected chi connectivity index (χ3v) is 1.76. The van der Waals surface area contributed by atoms with E-state index >= 15 is 0 Å². The lowest BCUT2D eigenvalue weighted by Crippen LogP contribution is -2.21. The molecule has 0 radical (unpaired) electrons. The number of aryl methyl sites for hydroxylation is 1. The number of imidazole rings is 1. The topological polar surface area (TPSA) is 104 Å². The average Bonchev–Trinajstić information content (AvgIpc) is 2.46. The number of nitrogens with two attached hydrogens (primary N) is 1. The number of carbonyl (C=O) groups is 1. The minimum absolute atomic E-state index is 0.209. The van der Waals surface area contributed by atoms with E-state index in [4.69, 9.17) is 5.73 Å². The Hall–Kier alpha value is -1.92. The van der Waals surface area contributed by atoms with Gasteiger partial charge in [0.25, 0.3) is 5.91 Å². The van der Waals surface area contributed by atoms with Gasteiger partial charge in [-0.3, -0.25) is 4.79 Å². The molecule has 1 aromatic heterocycles. The molecule has 0 aliphatic rings. The van der Waals surface area contributed by atoms with Crippen molar-refractivity contribution in [3.8, 4) is 0 Å². The number of amides is 1. The zero-order chi connectivity index (χ0) is 10.7. The van der Waals surface area contributed by atoms with Crippen molar-refractivity contribution < 1.29 is 9.72 Å². The summed E-state index contributed by atoms with van der Waals surface area (Å²) >= 11 is 0. The number of nitrogens with zero attached hydrogens (tertiary/aromatic N) is 3. The Labute approximate surface area is 79.7 Å². The zero-order valence-electron chi connectivity index (χ0n) is 7.64. The first-order valence-electron chi connectivity index (χ1n) is 4.03. The number of rotatable bonds is 4. The average molecular weight is 198 g/mol. The molecule has 1 heterocycles. The van der Waals surface area contributed by atoms with Crippen molar-refractivity contribution in [1.82, 2.24) is 9.55 Å². The summed E-state index contributed by atoms with van der Waals surface area (Å²) in [5.41, 5.74) is 5.59. The van der Waals surface area contributed by atoms with Crippen LogP contribution in [-0.4, -0.2) is 20.4 Å². The molecule has 0 unspecified atom stereocenters. The molecule has 1 rings (SSSR count). The van der Waals surface area contributed by atoms with Crippen molar-refractivity contribution in [2.75, 3.05) is 0 Å². The smallest absolute Gasteiger partial charge is 0.390 e. The third kappa shape index (κ3) is 1.87. The van der Waals surface area contributed by atoms with Crippen LogP contribution in [-0.2, 0) is 17.8 Å². The fraction of sp³-hybridized carbons (Fsp3) is 0.429. The summed E-state index contributed by atoms with van der Waals surface area (Å²) in [4.78, 5) is 24.1. The lowest BCUT2D eigenvalue weighted by molar-refractivity contribution is -0.396. The van der Waals surface area contributed by atoms with Crippen molar-refractivity contribution in [3.05, 3.63) is 22.0 Å². The Kier molecular flexibility index (Phi) is 2.80. The molecule has 2 N–H and O–H groups in total. The highest BCUT2D eigenvalue weighted by molar-refractivity contribution is 5.73. The second kappa shape index (κ2) is 3.86. The molecule has 0 aliphatic carbocycles. The van der Waals surface area contributed by atoms with Crippen LogP contribution in [0.4, 0.5) is 5.95 Å². The molecule has 0 saturated heterocycles. The molecule has 7 heteroatoms. The highest BCUT2D eigenvalue weighted by atomic mass is 16.6. The molecule has 7 nitrogen and oxygen atoms in total. The molecule has 14 heavy (non-hydrogen) atoms. The Bertz CT molecular complexity index is 371. The molecular weight excluding hydrogens is 188 g/mol. The monoisotopic (exact) mass is 198 g/mol. The summed E-state index contributed by atoms with van der Waals surface area (Å²) in [7, 11) is 0. The quantitative estimate of drug-likeness (QED) is 0.536. The van der Waals surface area contributed by atoms with Gasteiger partial charge in [0, 0.05) is 6.42 Å². The molecular formula is C7H10N4O3. The molecule has 1 amide bonds. The molecule has 76 valence electrons. The summed E-state index contributed by atoms with van der Waals surface area (Å²) < 4.78 is 1.21. The first-order chi connectivity index (χ1) is 6.56. The van der Waals surface area contributed by atoms with Crippen molar-refractivity contribution in [2.45, 2.75) is 19.9 Å². The lowest BCUT2D eigenvalue weighted by Gasteiger charge is -2.01. The number of aromatic nitrogens is 2. The predicted molar refractivity (Wildman–Crippen MR) is 47.5 cm³/mol. The Balaban J connectivity index is 3.12. The summed E-state index contributed by atoms with van der Waals surface area (Å²) in [5, 5.41) is 10.5. The normalized spacial score (nSPS) is 10.1. The van der Waals surface area contributed by atoms with Crippen LogP contribution in [0.1, 0.15) is 12.6 Å². The number of nitro groups is 1. The van der Waals surface area contributed by atoms with Gasteiger partial charge in [-0.1, -0.05) is 11.9 Å². The highest BCUT2D eigenvalue weighted by Crippen LogP contribution is 2.12. The van der Waals surface area contributed by atoms with Crippen molar-refractivity contribution in [3.63, 3.8) is 0 Å². The van der Waals surface area contributed by atoms with Crippen molar-refractivity contribution >= 4 is 11.9 Å². The minimum atomic E-state index is -0.637. The van der Waals surface area contributed by atoms with E-state index in [0.29, 0.717) is 12.1 Å². The first-order valence-corrected chi connectivity index (χ1v) is 4.03. The van der Waals surface area contributed by atoms with Crippen molar-refractivity contribution in [2.24, 2.45) is 5.73 Å². The van der Waals surface area contributed by atoms with Crippen LogP contribution in [0, 0.1) is 10.1 Å². The second-order valence-corrected chi connectivity index (χ2v) is 2.71. The van der Waals surface area contributed by atoms with Crippen LogP contribution in [0.2, 0.25) is 0 Å². The molecule has 0 fully saturated rings. The molecule has 1 aromatic rings. The summed E-state index contributed by atoms with van der Waals surface area (Å²) in [6.45, 7) is 1.61. The minimum Gasteiger partial charge on any atom is -0.390 e. The largest absolute Gasteiger partial charge is 0.435 e. The zero-order valence-corrected chi connectivity index (χ0v) is 7.64. The van der Waals surface area contributed by atoms with Crippen LogP contribution < -0.4 is 5.73 Å². The van der Waals surface area contributed by atoms with Gasteiger partial charge >= 0.3 is 5.95 Å². The van der Waals surface area contributed by atoms with E-state index in [1.54, 1.807) is 0 Å². The van der Waals surface area contributed by atoms with Crippen LogP contribution >= 0.6 is 0 Å². The number of carbonyl (C=O) groups excluding carboxylic acids is 1. The van der Waals surface area contributed by atoms with Gasteiger partial charge in [-0.15, -0.1) is 0 Å². The maximum Gasteiger partial charge on any atom is 0.435 e. The van der Waals surface area contributed by atoms with Gasteiger partial charge in [0.1, 0.15) is 11.9 Å². The van der Waals surface area contributed by atoms with E-state index in [0.717, 1.165) is 0 Å². The van der Waals surface area contributed by atoms with E-state index in [1.807, 2.05) is 6.92 Å². The van der Waals surface area contributed by atoms with Gasteiger partial charge in [0.2, 0.25) is 0 Å². The van der Waals surface area contributed by atoms with E-state index in [1.165, 1.54) is 10.8 Å². The Morgan fingerprint density at radius 2 is 2.43 bits per heavy atom. The summed E-state index contributed by atoms with van der Waals surface area (Å²) in [6.07, 6.45) is 1.94. The van der Waals surface area contributed by atoms with E-state index in [2.05, 4.69) is 4.98 Å². The van der Waals surface area contributed by atoms with Crippen LogP contribution in [0.3, 0.4) is 0 Å². The summed E-state index contributed by atoms with van der Waals surface area (Å²) in [5.74, 6) is -0.971. The van der Waals surface area contributed by atoms with Gasteiger partial charge in [0.15, 0.2) is 6.54 Å². The molecule has 0 bridgehead atoms. The standard InChI is InChI=1S/C7H10N4O3/c1-2-5-3-9-7(11(13)14)10(5)4-6(8)12/h3H,2,4H2,1H3,(H2,8,12). The van der Waals surface area contributed by atoms with Crippen molar-refractivity contribution in [1.29, 1.82) is 0 Å². The molecule has 0 spiro atoms. The molecule has 0 saturated carbocycles. The van der Waals surface area contributed by atoms with Gasteiger partial charge in [0.05, 0.1) is 0 Å². The van der Waals surface area contributed by atoms with Crippen LogP contribution in [0.25, 0.3) is 0 Å². The van der Waals surface area contributed by atoms with Gasteiger partial charge in [-0.25, -0.2) is 4.57 Å². The number of hydrogen-bond acceptors (Lipinski definition) is 4. The van der Waals surface area contributed by atoms with Gasteiger partial charge < -0.3 is 15.8 Å². The predicted octanol–water partition coefficient (Wildman–Crippen LogP) is -0.161. The number of hydrogen-bond donors (Lipinski definition) is 1. The van der Waals surface area contributed by atoms with E-state index in [9.17, 15) is 14.9 Å². The second-order valence-electron chi connectivity index (χ2n) is 2.71. The number of primary amides is 1. The SMILES string of the molecule is CCc1cnc([N+](=O)[O-])n1CC(N)=O. The van der Waals surface area contributed by atoms with E-state index in [-0.39, 0.29) is 12.5 Å². The highest BCUT2D eigenvalue weighted by Gasteiger charge is 2.20. The summed E-state index contributed by atoms with van der Waals surface area (Å²) in [6, 6.07) is 0. The van der Waals surface area contributed by atoms with Gasteiger partial charge in [-0.05, 0) is 4.92 Å². The maximum atomic E-state index is 10.7. The molecule has 0 atom stereocenters. The lowest BCUT2D eigenvalue weighted by atomic mass is 10.3.